The number of nitrogens with two attached hydrogens (primary N) is 1. The predicted octanol–water partition coefficient (Wildman–Crippen LogP) is 3.01. The maximum absolute atomic E-state index is 13.2. The van der Waals surface area contributed by atoms with Crippen LogP contribution in [0.5, 0.6) is 0 Å². The van der Waals surface area contributed by atoms with Gasteiger partial charge < -0.3 is 0 Å². The number of benzene rings is 2. The maximum atomic E-state index is 13.2. The van der Waals surface area contributed by atoms with Crippen molar-refractivity contribution >= 4 is 0 Å². The van der Waals surface area contributed by atoms with Gasteiger partial charge >= 0.3 is 0 Å². The highest BCUT2D eigenvalue weighted by Crippen LogP contribution is 2.11. The van der Waals surface area contributed by atoms with E-state index in [9.17, 15) is 4.39 Å². The average molecular weight is 272 g/mol. The normalized spacial score (nSPS) is 12.3. The molecular weight excluding hydrogens is 251 g/mol. The van der Waals surface area contributed by atoms with Gasteiger partial charge in [-0.25, -0.2) is 4.39 Å². The van der Waals surface area contributed by atoms with E-state index < -0.39 is 0 Å². The van der Waals surface area contributed by atoms with Gasteiger partial charge in [-0.2, -0.15) is 0 Å². The SMILES string of the molecule is CCc1ccc(CC(Cc2cccc(F)c2)NN)cc1. The zero-order chi connectivity index (χ0) is 14.4. The summed E-state index contributed by atoms with van der Waals surface area (Å²) in [5.74, 6) is 5.42. The van der Waals surface area contributed by atoms with E-state index in [2.05, 4.69) is 36.6 Å². The van der Waals surface area contributed by atoms with Crippen molar-refractivity contribution in [3.63, 3.8) is 0 Å². The van der Waals surface area contributed by atoms with Crippen molar-refractivity contribution in [3.05, 3.63) is 71.0 Å². The molecule has 0 aliphatic rings. The lowest BCUT2D eigenvalue weighted by molar-refractivity contribution is 0.520. The Kier molecular flexibility index (Phi) is 5.27. The van der Waals surface area contributed by atoms with Crippen LogP contribution in [0.2, 0.25) is 0 Å². The lowest BCUT2D eigenvalue weighted by Gasteiger charge is -2.16. The van der Waals surface area contributed by atoms with Crippen molar-refractivity contribution in [2.75, 3.05) is 0 Å². The van der Waals surface area contributed by atoms with Gasteiger partial charge in [0.2, 0.25) is 0 Å². The Labute approximate surface area is 119 Å². The number of aryl methyl sites for hydroxylation is 1. The minimum Gasteiger partial charge on any atom is -0.271 e. The van der Waals surface area contributed by atoms with Gasteiger partial charge in [-0.15, -0.1) is 0 Å². The molecule has 0 bridgehead atoms. The van der Waals surface area contributed by atoms with Crippen LogP contribution in [0.25, 0.3) is 0 Å². The Balaban J connectivity index is 2.01. The summed E-state index contributed by atoms with van der Waals surface area (Å²) in [7, 11) is 0. The Hall–Kier alpha value is -1.71. The second kappa shape index (κ2) is 7.17. The van der Waals surface area contributed by atoms with Crippen molar-refractivity contribution in [2.45, 2.75) is 32.2 Å². The van der Waals surface area contributed by atoms with Crippen molar-refractivity contribution in [1.29, 1.82) is 0 Å². The molecule has 0 amide bonds. The van der Waals surface area contributed by atoms with Crippen molar-refractivity contribution in [2.24, 2.45) is 5.84 Å². The highest BCUT2D eigenvalue weighted by Gasteiger charge is 2.09. The molecule has 0 aromatic heterocycles. The molecule has 2 aromatic rings. The highest BCUT2D eigenvalue weighted by molar-refractivity contribution is 5.24. The summed E-state index contributed by atoms with van der Waals surface area (Å²) in [5, 5.41) is 0. The van der Waals surface area contributed by atoms with Gasteiger partial charge in [-0.3, -0.25) is 11.3 Å². The second-order valence-corrected chi connectivity index (χ2v) is 5.07. The Morgan fingerprint density at radius 3 is 2.25 bits per heavy atom. The van der Waals surface area contributed by atoms with Crippen LogP contribution in [-0.2, 0) is 19.3 Å². The second-order valence-electron chi connectivity index (χ2n) is 5.07. The van der Waals surface area contributed by atoms with Crippen molar-refractivity contribution in [3.8, 4) is 0 Å². The lowest BCUT2D eigenvalue weighted by Crippen LogP contribution is -2.38. The van der Waals surface area contributed by atoms with E-state index in [1.807, 2.05) is 6.07 Å². The molecular formula is C17H21FN2. The minimum absolute atomic E-state index is 0.101. The van der Waals surface area contributed by atoms with Crippen molar-refractivity contribution < 1.29 is 4.39 Å². The molecule has 0 radical (unpaired) electrons. The number of rotatable bonds is 6. The molecule has 0 fully saturated rings. The van der Waals surface area contributed by atoms with E-state index in [4.69, 9.17) is 5.84 Å². The fraction of sp³-hybridized carbons (Fsp3) is 0.294. The average Bonchev–Trinajstić information content (AvgIpc) is 2.47. The summed E-state index contributed by atoms with van der Waals surface area (Å²) in [6, 6.07) is 15.3. The van der Waals surface area contributed by atoms with Crippen LogP contribution >= 0.6 is 0 Å². The van der Waals surface area contributed by atoms with E-state index in [0.717, 1.165) is 18.4 Å². The maximum Gasteiger partial charge on any atom is 0.123 e. The van der Waals surface area contributed by atoms with Gasteiger partial charge in [0.05, 0.1) is 0 Å². The van der Waals surface area contributed by atoms with Gasteiger partial charge in [0.15, 0.2) is 0 Å². The van der Waals surface area contributed by atoms with E-state index in [-0.39, 0.29) is 11.9 Å². The molecule has 3 heteroatoms. The van der Waals surface area contributed by atoms with E-state index >= 15 is 0 Å². The third-order valence-electron chi connectivity index (χ3n) is 3.52. The van der Waals surface area contributed by atoms with Crippen LogP contribution in [0.15, 0.2) is 48.5 Å². The number of hydrazine groups is 1. The third-order valence-corrected chi connectivity index (χ3v) is 3.52. The molecule has 3 N–H and O–H groups in total. The van der Waals surface area contributed by atoms with Gasteiger partial charge in [-0.05, 0) is 48.1 Å². The van der Waals surface area contributed by atoms with Gasteiger partial charge in [0.1, 0.15) is 5.82 Å². The van der Waals surface area contributed by atoms with Gasteiger partial charge in [0.25, 0.3) is 0 Å². The summed E-state index contributed by atoms with van der Waals surface area (Å²) in [5.41, 5.74) is 6.35. The molecule has 20 heavy (non-hydrogen) atoms. The summed E-state index contributed by atoms with van der Waals surface area (Å²) in [6.45, 7) is 2.14. The molecule has 2 aromatic carbocycles. The third kappa shape index (κ3) is 4.15. The monoisotopic (exact) mass is 272 g/mol. The quantitative estimate of drug-likeness (QED) is 0.626. The molecule has 0 heterocycles. The molecule has 0 spiro atoms. The van der Waals surface area contributed by atoms with Gasteiger partial charge in [0, 0.05) is 6.04 Å². The topological polar surface area (TPSA) is 38.0 Å². The largest absolute Gasteiger partial charge is 0.271 e. The van der Waals surface area contributed by atoms with Crippen LogP contribution in [0.3, 0.4) is 0 Å². The molecule has 106 valence electrons. The summed E-state index contributed by atoms with van der Waals surface area (Å²) in [4.78, 5) is 0. The fourth-order valence-electron chi connectivity index (χ4n) is 2.33. The molecule has 0 aliphatic heterocycles. The smallest absolute Gasteiger partial charge is 0.123 e. The molecule has 0 saturated heterocycles. The molecule has 0 aliphatic carbocycles. The first-order chi connectivity index (χ1) is 9.71. The standard InChI is InChI=1S/C17H21FN2/c1-2-13-6-8-14(9-7-13)11-17(20-19)12-15-4-3-5-16(18)10-15/h3-10,17,20H,2,11-12,19H2,1H3. The van der Waals surface area contributed by atoms with E-state index in [1.165, 1.54) is 17.2 Å². The first-order valence-electron chi connectivity index (χ1n) is 6.99. The highest BCUT2D eigenvalue weighted by atomic mass is 19.1. The van der Waals surface area contributed by atoms with E-state index in [0.29, 0.717) is 6.42 Å². The van der Waals surface area contributed by atoms with Crippen LogP contribution < -0.4 is 11.3 Å². The number of nitrogens with one attached hydrogen (secondary N) is 1. The summed E-state index contributed by atoms with van der Waals surface area (Å²) in [6.07, 6.45) is 2.59. The number of hydrogen-bond donors (Lipinski definition) is 2. The molecule has 1 unspecified atom stereocenters. The molecule has 0 saturated carbocycles. The Morgan fingerprint density at radius 1 is 1.00 bits per heavy atom. The predicted molar refractivity (Wildman–Crippen MR) is 80.7 cm³/mol. The van der Waals surface area contributed by atoms with Crippen LogP contribution in [0, 0.1) is 5.82 Å². The van der Waals surface area contributed by atoms with Crippen LogP contribution in [0.1, 0.15) is 23.6 Å². The molecule has 2 nitrogen and oxygen atoms in total. The summed E-state index contributed by atoms with van der Waals surface area (Å²) >= 11 is 0. The summed E-state index contributed by atoms with van der Waals surface area (Å²) < 4.78 is 13.2. The Morgan fingerprint density at radius 2 is 1.65 bits per heavy atom. The Bertz CT molecular complexity index is 537. The fourth-order valence-corrected chi connectivity index (χ4v) is 2.33. The molecule has 1 atom stereocenters. The zero-order valence-electron chi connectivity index (χ0n) is 11.8. The zero-order valence-corrected chi connectivity index (χ0v) is 11.8. The number of hydrogen-bond acceptors (Lipinski definition) is 2. The first kappa shape index (κ1) is 14.7. The lowest BCUT2D eigenvalue weighted by atomic mass is 9.98. The first-order valence-corrected chi connectivity index (χ1v) is 6.99. The van der Waals surface area contributed by atoms with Crippen LogP contribution in [0.4, 0.5) is 4.39 Å². The van der Waals surface area contributed by atoms with E-state index in [1.54, 1.807) is 12.1 Å². The van der Waals surface area contributed by atoms with Crippen molar-refractivity contribution in [1.82, 2.24) is 5.43 Å². The van der Waals surface area contributed by atoms with Crippen LogP contribution in [-0.4, -0.2) is 6.04 Å². The number of halogens is 1. The molecule has 2 rings (SSSR count). The minimum atomic E-state index is -0.203. The van der Waals surface area contributed by atoms with Gasteiger partial charge in [-0.1, -0.05) is 43.3 Å².